The summed E-state index contributed by atoms with van der Waals surface area (Å²) >= 11 is 11.9. The lowest BCUT2D eigenvalue weighted by Crippen LogP contribution is -2.42. The van der Waals surface area contributed by atoms with Gasteiger partial charge in [0, 0.05) is 24.7 Å². The molecule has 18 heavy (non-hydrogen) atoms. The van der Waals surface area contributed by atoms with Gasteiger partial charge < -0.3 is 10.2 Å². The number of rotatable bonds is 4. The number of nitrogens with zero attached hydrogens (tertiary/aromatic N) is 2. The van der Waals surface area contributed by atoms with E-state index in [-0.39, 0.29) is 0 Å². The number of halogens is 2. The molecule has 0 aliphatic carbocycles. The predicted octanol–water partition coefficient (Wildman–Crippen LogP) is 2.96. The summed E-state index contributed by atoms with van der Waals surface area (Å²) in [5.41, 5.74) is 1.03. The SMILES string of the molecule is CN(Cc1ccc(Cl)nc1Cl)CC1CCCCN1. The topological polar surface area (TPSA) is 28.2 Å². The highest BCUT2D eigenvalue weighted by atomic mass is 35.5. The van der Waals surface area contributed by atoms with Gasteiger partial charge in [-0.1, -0.05) is 35.7 Å². The molecule has 3 nitrogen and oxygen atoms in total. The largest absolute Gasteiger partial charge is 0.313 e. The molecule has 1 saturated heterocycles. The third kappa shape index (κ3) is 4.09. The summed E-state index contributed by atoms with van der Waals surface area (Å²) in [4.78, 5) is 6.34. The van der Waals surface area contributed by atoms with E-state index in [0.29, 0.717) is 16.3 Å². The minimum atomic E-state index is 0.445. The van der Waals surface area contributed by atoms with E-state index in [1.165, 1.54) is 19.3 Å². The van der Waals surface area contributed by atoms with Crippen LogP contribution in [0.4, 0.5) is 0 Å². The summed E-state index contributed by atoms with van der Waals surface area (Å²) < 4.78 is 0. The van der Waals surface area contributed by atoms with Crippen LogP contribution in [0.5, 0.6) is 0 Å². The molecule has 2 rings (SSSR count). The Labute approximate surface area is 118 Å². The first-order valence-electron chi connectivity index (χ1n) is 6.38. The van der Waals surface area contributed by atoms with Gasteiger partial charge in [-0.3, -0.25) is 0 Å². The van der Waals surface area contributed by atoms with Crippen LogP contribution in [0.1, 0.15) is 24.8 Å². The van der Waals surface area contributed by atoms with E-state index in [4.69, 9.17) is 23.2 Å². The second-order valence-electron chi connectivity index (χ2n) is 4.93. The number of hydrogen-bond donors (Lipinski definition) is 1. The maximum atomic E-state index is 6.08. The maximum Gasteiger partial charge on any atom is 0.135 e. The van der Waals surface area contributed by atoms with E-state index in [1.807, 2.05) is 6.07 Å². The lowest BCUT2D eigenvalue weighted by molar-refractivity contribution is 0.256. The molecular formula is C13H19Cl2N3. The maximum absolute atomic E-state index is 6.08. The number of aromatic nitrogens is 1. The summed E-state index contributed by atoms with van der Waals surface area (Å²) in [5, 5.41) is 4.50. The highest BCUT2D eigenvalue weighted by molar-refractivity contribution is 6.32. The lowest BCUT2D eigenvalue weighted by Gasteiger charge is -2.28. The molecule has 100 valence electrons. The fraction of sp³-hybridized carbons (Fsp3) is 0.615. The Morgan fingerprint density at radius 3 is 2.89 bits per heavy atom. The van der Waals surface area contributed by atoms with Crippen molar-refractivity contribution in [3.63, 3.8) is 0 Å². The van der Waals surface area contributed by atoms with Crippen molar-refractivity contribution in [2.45, 2.75) is 31.8 Å². The zero-order valence-electron chi connectivity index (χ0n) is 10.6. The molecule has 1 aromatic heterocycles. The van der Waals surface area contributed by atoms with E-state index in [1.54, 1.807) is 6.07 Å². The minimum absolute atomic E-state index is 0.445. The van der Waals surface area contributed by atoms with E-state index in [0.717, 1.165) is 25.2 Å². The molecule has 0 saturated carbocycles. The zero-order chi connectivity index (χ0) is 13.0. The fourth-order valence-corrected chi connectivity index (χ4v) is 2.77. The van der Waals surface area contributed by atoms with Gasteiger partial charge in [-0.05, 0) is 32.5 Å². The summed E-state index contributed by atoms with van der Waals surface area (Å²) in [6.45, 7) is 2.99. The Bertz CT molecular complexity index is 392. The predicted molar refractivity (Wildman–Crippen MR) is 76.2 cm³/mol. The van der Waals surface area contributed by atoms with Crippen molar-refractivity contribution in [2.75, 3.05) is 20.1 Å². The monoisotopic (exact) mass is 287 g/mol. The molecule has 1 aromatic rings. The zero-order valence-corrected chi connectivity index (χ0v) is 12.1. The van der Waals surface area contributed by atoms with Crippen molar-refractivity contribution in [2.24, 2.45) is 0 Å². The summed E-state index contributed by atoms with van der Waals surface area (Å²) in [5.74, 6) is 0. The van der Waals surface area contributed by atoms with Gasteiger partial charge >= 0.3 is 0 Å². The summed E-state index contributed by atoms with van der Waals surface area (Å²) in [6, 6.07) is 4.33. The number of piperidine rings is 1. The molecule has 0 spiro atoms. The highest BCUT2D eigenvalue weighted by Gasteiger charge is 2.15. The molecule has 1 fully saturated rings. The third-order valence-corrected chi connectivity index (χ3v) is 3.81. The van der Waals surface area contributed by atoms with Crippen LogP contribution in [0, 0.1) is 0 Å². The van der Waals surface area contributed by atoms with Crippen molar-refractivity contribution in [1.29, 1.82) is 0 Å². The minimum Gasteiger partial charge on any atom is -0.313 e. The molecule has 0 radical (unpaired) electrons. The van der Waals surface area contributed by atoms with Crippen molar-refractivity contribution in [3.05, 3.63) is 28.0 Å². The third-order valence-electron chi connectivity index (χ3n) is 3.28. The van der Waals surface area contributed by atoms with Crippen LogP contribution >= 0.6 is 23.2 Å². The Kier molecular flexibility index (Phi) is 5.25. The summed E-state index contributed by atoms with van der Waals surface area (Å²) in [6.07, 6.45) is 3.89. The molecule has 5 heteroatoms. The van der Waals surface area contributed by atoms with Gasteiger partial charge in [-0.2, -0.15) is 0 Å². The molecular weight excluding hydrogens is 269 g/mol. The van der Waals surface area contributed by atoms with Crippen LogP contribution in [0.3, 0.4) is 0 Å². The van der Waals surface area contributed by atoms with Crippen molar-refractivity contribution in [1.82, 2.24) is 15.2 Å². The molecule has 0 amide bonds. The van der Waals surface area contributed by atoms with Crippen LogP contribution in [0.15, 0.2) is 12.1 Å². The molecule has 1 aliphatic heterocycles. The van der Waals surface area contributed by atoms with Crippen LogP contribution in [-0.2, 0) is 6.54 Å². The first-order chi connectivity index (χ1) is 8.65. The van der Waals surface area contributed by atoms with Gasteiger partial charge in [0.25, 0.3) is 0 Å². The first kappa shape index (κ1) is 14.1. The smallest absolute Gasteiger partial charge is 0.135 e. The fourth-order valence-electron chi connectivity index (χ4n) is 2.37. The normalized spacial score (nSPS) is 20.3. The summed E-state index contributed by atoms with van der Waals surface area (Å²) in [7, 11) is 2.11. The Hall–Kier alpha value is -0.350. The first-order valence-corrected chi connectivity index (χ1v) is 7.13. The molecule has 2 heterocycles. The van der Waals surface area contributed by atoms with E-state index in [9.17, 15) is 0 Å². The molecule has 1 unspecified atom stereocenters. The van der Waals surface area contributed by atoms with Crippen LogP contribution < -0.4 is 5.32 Å². The molecule has 1 aliphatic rings. The van der Waals surface area contributed by atoms with E-state index >= 15 is 0 Å². The second kappa shape index (κ2) is 6.71. The Morgan fingerprint density at radius 2 is 2.22 bits per heavy atom. The number of nitrogens with one attached hydrogen (secondary N) is 1. The van der Waals surface area contributed by atoms with Crippen molar-refractivity contribution >= 4 is 23.2 Å². The Morgan fingerprint density at radius 1 is 1.39 bits per heavy atom. The molecule has 1 atom stereocenters. The van der Waals surface area contributed by atoms with Crippen LogP contribution in [0.25, 0.3) is 0 Å². The van der Waals surface area contributed by atoms with Crippen LogP contribution in [0.2, 0.25) is 10.3 Å². The lowest BCUT2D eigenvalue weighted by atomic mass is 10.0. The van der Waals surface area contributed by atoms with Gasteiger partial charge in [0.1, 0.15) is 10.3 Å². The Balaban J connectivity index is 1.87. The van der Waals surface area contributed by atoms with Gasteiger partial charge in [0.2, 0.25) is 0 Å². The van der Waals surface area contributed by atoms with Gasteiger partial charge in [-0.15, -0.1) is 0 Å². The number of likely N-dealkylation sites (N-methyl/N-ethyl adjacent to an activating group) is 1. The molecule has 0 aromatic carbocycles. The molecule has 0 bridgehead atoms. The van der Waals surface area contributed by atoms with Crippen molar-refractivity contribution < 1.29 is 0 Å². The van der Waals surface area contributed by atoms with Gasteiger partial charge in [0.05, 0.1) is 0 Å². The number of pyridine rings is 1. The average Bonchev–Trinajstić information content (AvgIpc) is 2.34. The van der Waals surface area contributed by atoms with Gasteiger partial charge in [0.15, 0.2) is 0 Å². The van der Waals surface area contributed by atoms with Crippen LogP contribution in [-0.4, -0.2) is 36.1 Å². The van der Waals surface area contributed by atoms with E-state index in [2.05, 4.69) is 22.2 Å². The average molecular weight is 288 g/mol. The highest BCUT2D eigenvalue weighted by Crippen LogP contribution is 2.18. The van der Waals surface area contributed by atoms with E-state index < -0.39 is 0 Å². The van der Waals surface area contributed by atoms with Gasteiger partial charge in [-0.25, -0.2) is 4.98 Å². The number of hydrogen-bond acceptors (Lipinski definition) is 3. The standard InChI is InChI=1S/C13H19Cl2N3/c1-18(9-11-4-2-3-7-16-11)8-10-5-6-12(14)17-13(10)15/h5-6,11,16H,2-4,7-9H2,1H3. The second-order valence-corrected chi connectivity index (χ2v) is 5.67. The molecule has 1 N–H and O–H groups in total. The quantitative estimate of drug-likeness (QED) is 0.863. The van der Waals surface area contributed by atoms with Crippen molar-refractivity contribution in [3.8, 4) is 0 Å².